The summed E-state index contributed by atoms with van der Waals surface area (Å²) in [4.78, 5) is 48.4. The van der Waals surface area contributed by atoms with Crippen molar-refractivity contribution < 1.29 is 57.8 Å². The van der Waals surface area contributed by atoms with Crippen molar-refractivity contribution in [2.24, 2.45) is 0 Å². The standard InChI is InChI=1S/C36H52O12/c1-4-5-6-7-8-9-10-11-12-13-14-15-19-22-31(40)43-23-29(39)24-45-36-34(47-27(3)38)33(46-26(2)37)32(41)30(48-36)25-44-35(42)28-20-17-16-18-21-28/h6-7,9-10,16-18,20-21,29-30,32-34,36,39,41H,4-5,8,11-15,19,22-25H2,1-3H3. The molecule has 2 N–H and O–H groups in total. The van der Waals surface area contributed by atoms with Crippen LogP contribution < -0.4 is 0 Å². The Hall–Kier alpha value is -3.58. The molecule has 1 saturated heterocycles. The molecule has 48 heavy (non-hydrogen) atoms. The summed E-state index contributed by atoms with van der Waals surface area (Å²) < 4.78 is 32.4. The Kier molecular flexibility index (Phi) is 20.0. The van der Waals surface area contributed by atoms with Crippen molar-refractivity contribution in [3.8, 4) is 0 Å². The summed E-state index contributed by atoms with van der Waals surface area (Å²) in [7, 11) is 0. The van der Waals surface area contributed by atoms with E-state index in [0.717, 1.165) is 58.8 Å². The van der Waals surface area contributed by atoms with E-state index in [1.807, 2.05) is 0 Å². The maximum absolute atomic E-state index is 12.5. The van der Waals surface area contributed by atoms with Crippen molar-refractivity contribution in [1.82, 2.24) is 0 Å². The van der Waals surface area contributed by atoms with E-state index in [4.69, 9.17) is 28.4 Å². The van der Waals surface area contributed by atoms with Crippen LogP contribution in [0, 0.1) is 0 Å². The Morgan fingerprint density at radius 2 is 1.48 bits per heavy atom. The van der Waals surface area contributed by atoms with Gasteiger partial charge in [0.15, 0.2) is 18.5 Å². The number of ether oxygens (including phenoxy) is 6. The second kappa shape index (κ2) is 23.7. The van der Waals surface area contributed by atoms with E-state index in [9.17, 15) is 29.4 Å². The molecule has 0 radical (unpaired) electrons. The van der Waals surface area contributed by atoms with Crippen molar-refractivity contribution in [1.29, 1.82) is 0 Å². The molecule has 0 aliphatic carbocycles. The highest BCUT2D eigenvalue weighted by atomic mass is 16.7. The number of allylic oxidation sites excluding steroid dienone is 4. The highest BCUT2D eigenvalue weighted by Crippen LogP contribution is 2.28. The average Bonchev–Trinajstić information content (AvgIpc) is 3.06. The zero-order valence-electron chi connectivity index (χ0n) is 28.3. The van der Waals surface area contributed by atoms with E-state index in [1.54, 1.807) is 30.3 Å². The lowest BCUT2D eigenvalue weighted by Gasteiger charge is -2.42. The molecule has 6 atom stereocenters. The lowest BCUT2D eigenvalue weighted by Crippen LogP contribution is -2.62. The Labute approximate surface area is 283 Å². The lowest BCUT2D eigenvalue weighted by molar-refractivity contribution is -0.309. The highest BCUT2D eigenvalue weighted by molar-refractivity contribution is 5.89. The largest absolute Gasteiger partial charge is 0.463 e. The smallest absolute Gasteiger partial charge is 0.338 e. The Morgan fingerprint density at radius 3 is 2.17 bits per heavy atom. The minimum Gasteiger partial charge on any atom is -0.463 e. The first-order valence-electron chi connectivity index (χ1n) is 16.8. The first-order chi connectivity index (χ1) is 23.1. The van der Waals surface area contributed by atoms with Gasteiger partial charge in [0.05, 0.1) is 12.2 Å². The number of unbranched alkanes of at least 4 members (excludes halogenated alkanes) is 6. The maximum atomic E-state index is 12.5. The van der Waals surface area contributed by atoms with Crippen molar-refractivity contribution >= 4 is 23.9 Å². The number of hydrogen-bond acceptors (Lipinski definition) is 12. The third-order valence-corrected chi connectivity index (χ3v) is 7.31. The van der Waals surface area contributed by atoms with Gasteiger partial charge in [-0.3, -0.25) is 14.4 Å². The number of rotatable bonds is 22. The molecule has 0 amide bonds. The van der Waals surface area contributed by atoms with Gasteiger partial charge in [-0.1, -0.05) is 75.1 Å². The average molecular weight is 677 g/mol. The van der Waals surface area contributed by atoms with Crippen LogP contribution in [-0.4, -0.2) is 90.7 Å². The van der Waals surface area contributed by atoms with Gasteiger partial charge >= 0.3 is 23.9 Å². The number of hydrogen-bond donors (Lipinski definition) is 2. The summed E-state index contributed by atoms with van der Waals surface area (Å²) in [5.74, 6) is -2.67. The van der Waals surface area contributed by atoms with Crippen LogP contribution in [-0.2, 0) is 42.8 Å². The molecule has 2 rings (SSSR count). The molecule has 268 valence electrons. The molecule has 12 heteroatoms. The molecule has 0 spiro atoms. The molecular weight excluding hydrogens is 624 g/mol. The number of aliphatic hydroxyl groups is 2. The van der Waals surface area contributed by atoms with Gasteiger partial charge in [-0.25, -0.2) is 4.79 Å². The van der Waals surface area contributed by atoms with Crippen LogP contribution in [0.4, 0.5) is 0 Å². The number of benzene rings is 1. The molecule has 1 aromatic carbocycles. The van der Waals surface area contributed by atoms with E-state index < -0.39 is 73.9 Å². The van der Waals surface area contributed by atoms with Gasteiger partial charge in [0.25, 0.3) is 0 Å². The van der Waals surface area contributed by atoms with E-state index >= 15 is 0 Å². The van der Waals surface area contributed by atoms with Gasteiger partial charge in [-0.2, -0.15) is 0 Å². The molecular formula is C36H52O12. The second-order valence-electron chi connectivity index (χ2n) is 11.6. The summed E-state index contributed by atoms with van der Waals surface area (Å²) in [6.45, 7) is 3.17. The molecule has 1 aliphatic rings. The van der Waals surface area contributed by atoms with Crippen molar-refractivity contribution in [2.75, 3.05) is 19.8 Å². The molecule has 6 unspecified atom stereocenters. The molecule has 1 aromatic rings. The monoisotopic (exact) mass is 676 g/mol. The Bertz CT molecular complexity index is 1150. The zero-order chi connectivity index (χ0) is 35.1. The fourth-order valence-corrected chi connectivity index (χ4v) is 4.87. The normalized spacial score (nSPS) is 21.6. The summed E-state index contributed by atoms with van der Waals surface area (Å²) in [5.41, 5.74) is 0.271. The number of carbonyl (C=O) groups is 4. The van der Waals surface area contributed by atoms with Crippen LogP contribution in [0.5, 0.6) is 0 Å². The fraction of sp³-hybridized carbons (Fsp3) is 0.611. The van der Waals surface area contributed by atoms with Crippen LogP contribution in [0.15, 0.2) is 54.6 Å². The van der Waals surface area contributed by atoms with Gasteiger partial charge in [-0.05, 0) is 44.2 Å². The van der Waals surface area contributed by atoms with E-state index in [1.165, 1.54) is 6.42 Å². The fourth-order valence-electron chi connectivity index (χ4n) is 4.87. The zero-order valence-corrected chi connectivity index (χ0v) is 28.3. The minimum absolute atomic E-state index is 0.225. The van der Waals surface area contributed by atoms with Crippen molar-refractivity contribution in [3.63, 3.8) is 0 Å². The predicted molar refractivity (Wildman–Crippen MR) is 176 cm³/mol. The topological polar surface area (TPSA) is 164 Å². The molecule has 0 bridgehead atoms. The first-order valence-corrected chi connectivity index (χ1v) is 16.8. The van der Waals surface area contributed by atoms with Gasteiger partial charge < -0.3 is 38.6 Å². The molecule has 1 heterocycles. The number of esters is 4. The van der Waals surface area contributed by atoms with E-state index in [-0.39, 0.29) is 18.6 Å². The quantitative estimate of drug-likeness (QED) is 0.0751. The molecule has 1 aliphatic heterocycles. The third kappa shape index (κ3) is 16.5. The summed E-state index contributed by atoms with van der Waals surface area (Å²) in [6.07, 6.45) is 9.77. The molecule has 0 saturated carbocycles. The molecule has 0 aromatic heterocycles. The predicted octanol–water partition coefficient (Wildman–Crippen LogP) is 4.75. The highest BCUT2D eigenvalue weighted by Gasteiger charge is 2.50. The van der Waals surface area contributed by atoms with Gasteiger partial charge in [0.2, 0.25) is 0 Å². The van der Waals surface area contributed by atoms with E-state index in [0.29, 0.717) is 6.42 Å². The summed E-state index contributed by atoms with van der Waals surface area (Å²) in [6, 6.07) is 8.15. The SMILES string of the molecule is CCCC=CCC=CCCCCCCCC(=O)OCC(O)COC1OC(COC(=O)c2ccccc2)C(O)C(OC(C)=O)C1OC(C)=O. The van der Waals surface area contributed by atoms with Gasteiger partial charge in [-0.15, -0.1) is 0 Å². The first kappa shape index (κ1) is 40.6. The molecule has 1 fully saturated rings. The van der Waals surface area contributed by atoms with Crippen LogP contribution in [0.25, 0.3) is 0 Å². The summed E-state index contributed by atoms with van der Waals surface area (Å²) in [5, 5.41) is 21.4. The second-order valence-corrected chi connectivity index (χ2v) is 11.6. The number of carbonyl (C=O) groups excluding carboxylic acids is 4. The van der Waals surface area contributed by atoms with Crippen LogP contribution in [0.3, 0.4) is 0 Å². The Balaban J connectivity index is 1.79. The summed E-state index contributed by atoms with van der Waals surface area (Å²) >= 11 is 0. The van der Waals surface area contributed by atoms with Crippen LogP contribution in [0.1, 0.15) is 95.3 Å². The number of aliphatic hydroxyl groups excluding tert-OH is 2. The van der Waals surface area contributed by atoms with Crippen molar-refractivity contribution in [2.45, 2.75) is 122 Å². The van der Waals surface area contributed by atoms with E-state index in [2.05, 4.69) is 31.2 Å². The molecule has 12 nitrogen and oxygen atoms in total. The lowest BCUT2D eigenvalue weighted by atomic mass is 9.98. The van der Waals surface area contributed by atoms with Gasteiger partial charge in [0, 0.05) is 20.3 Å². The Morgan fingerprint density at radius 1 is 0.833 bits per heavy atom. The van der Waals surface area contributed by atoms with Crippen LogP contribution >= 0.6 is 0 Å². The van der Waals surface area contributed by atoms with Gasteiger partial charge in [0.1, 0.15) is 31.5 Å². The maximum Gasteiger partial charge on any atom is 0.338 e. The van der Waals surface area contributed by atoms with Crippen molar-refractivity contribution in [3.05, 3.63) is 60.2 Å². The third-order valence-electron chi connectivity index (χ3n) is 7.31. The van der Waals surface area contributed by atoms with Crippen LogP contribution in [0.2, 0.25) is 0 Å². The minimum atomic E-state index is -1.56.